The summed E-state index contributed by atoms with van der Waals surface area (Å²) in [5.74, 6) is -0.404. The van der Waals surface area contributed by atoms with Crippen LogP contribution in [0.25, 0.3) is 0 Å². The number of unbranched alkanes of at least 4 members (excludes halogenated alkanes) is 10. The van der Waals surface area contributed by atoms with Gasteiger partial charge in [-0.15, -0.1) is 0 Å². The smallest absolute Gasteiger partial charge is 0.339 e. The van der Waals surface area contributed by atoms with E-state index in [1.807, 2.05) is 0 Å². The molecule has 0 saturated heterocycles. The Balaban J connectivity index is 0.000000363. The first-order chi connectivity index (χ1) is 20.6. The molecule has 0 amide bonds. The molecule has 0 aliphatic rings. The maximum absolute atomic E-state index is 12.4. The number of hydrogen-bond donors (Lipinski definition) is 0. The van der Waals surface area contributed by atoms with Gasteiger partial charge >= 0.3 is 11.9 Å². The SMILES string of the molecule is CC(c1ccccc1)c1ccccc1.CCCCCCCCOC(=O)c1ccccc1C(=O)OCCCCCCCC. The van der Waals surface area contributed by atoms with Crippen molar-refractivity contribution in [3.8, 4) is 0 Å². The maximum Gasteiger partial charge on any atom is 0.339 e. The Morgan fingerprint density at radius 2 is 0.833 bits per heavy atom. The normalized spacial score (nSPS) is 10.6. The van der Waals surface area contributed by atoms with Crippen LogP contribution in [0.15, 0.2) is 84.9 Å². The molecule has 0 spiro atoms. The van der Waals surface area contributed by atoms with E-state index in [0.29, 0.717) is 30.3 Å². The van der Waals surface area contributed by atoms with Crippen molar-refractivity contribution in [2.24, 2.45) is 0 Å². The number of carbonyl (C=O) groups excluding carboxylic acids is 2. The second-order valence-electron chi connectivity index (χ2n) is 10.9. The van der Waals surface area contributed by atoms with Crippen molar-refractivity contribution in [3.05, 3.63) is 107 Å². The van der Waals surface area contributed by atoms with Gasteiger partial charge in [-0.1, -0.05) is 158 Å². The Morgan fingerprint density at radius 3 is 1.21 bits per heavy atom. The van der Waals surface area contributed by atoms with E-state index in [9.17, 15) is 9.59 Å². The molecule has 0 saturated carbocycles. The Kier molecular flexibility index (Phi) is 18.4. The van der Waals surface area contributed by atoms with E-state index in [1.54, 1.807) is 24.3 Å². The van der Waals surface area contributed by atoms with Crippen molar-refractivity contribution >= 4 is 11.9 Å². The minimum absolute atomic E-state index is 0.293. The van der Waals surface area contributed by atoms with E-state index in [1.165, 1.54) is 62.5 Å². The Labute approximate surface area is 254 Å². The van der Waals surface area contributed by atoms with Gasteiger partial charge in [-0.2, -0.15) is 0 Å². The third-order valence-electron chi connectivity index (χ3n) is 7.43. The number of carbonyl (C=O) groups is 2. The van der Waals surface area contributed by atoms with Crippen molar-refractivity contribution in [1.29, 1.82) is 0 Å². The summed E-state index contributed by atoms with van der Waals surface area (Å²) in [6, 6.07) is 27.9. The van der Waals surface area contributed by atoms with Gasteiger partial charge in [-0.05, 0) is 36.1 Å². The monoisotopic (exact) mass is 572 g/mol. The molecule has 0 unspecified atom stereocenters. The summed E-state index contributed by atoms with van der Waals surface area (Å²) in [5, 5.41) is 0. The van der Waals surface area contributed by atoms with E-state index in [-0.39, 0.29) is 0 Å². The molecular weight excluding hydrogens is 520 g/mol. The molecule has 0 aromatic heterocycles. The fourth-order valence-corrected chi connectivity index (χ4v) is 4.77. The van der Waals surface area contributed by atoms with Gasteiger partial charge in [0.15, 0.2) is 0 Å². The molecule has 3 aromatic rings. The number of esters is 2. The second kappa shape index (κ2) is 22.2. The first-order valence-electron chi connectivity index (χ1n) is 16.1. The molecular formula is C38H52O4. The second-order valence-corrected chi connectivity index (χ2v) is 10.9. The molecule has 3 aromatic carbocycles. The summed E-state index contributed by atoms with van der Waals surface area (Å²) < 4.78 is 10.7. The lowest BCUT2D eigenvalue weighted by Gasteiger charge is -2.11. The summed E-state index contributed by atoms with van der Waals surface area (Å²) in [6.45, 7) is 7.42. The Hall–Kier alpha value is -3.40. The van der Waals surface area contributed by atoms with E-state index >= 15 is 0 Å². The van der Waals surface area contributed by atoms with Crippen molar-refractivity contribution in [2.45, 2.75) is 104 Å². The van der Waals surface area contributed by atoms with Gasteiger partial charge in [0, 0.05) is 5.92 Å². The zero-order valence-corrected chi connectivity index (χ0v) is 26.2. The zero-order valence-electron chi connectivity index (χ0n) is 26.2. The lowest BCUT2D eigenvalue weighted by atomic mass is 9.93. The maximum atomic E-state index is 12.4. The first-order valence-corrected chi connectivity index (χ1v) is 16.1. The zero-order chi connectivity index (χ0) is 30.3. The van der Waals surface area contributed by atoms with Gasteiger partial charge in [0.2, 0.25) is 0 Å². The van der Waals surface area contributed by atoms with Crippen LogP contribution < -0.4 is 0 Å². The van der Waals surface area contributed by atoms with Gasteiger partial charge < -0.3 is 9.47 Å². The van der Waals surface area contributed by atoms with Crippen LogP contribution in [-0.2, 0) is 9.47 Å². The predicted molar refractivity (Wildman–Crippen MR) is 174 cm³/mol. The van der Waals surface area contributed by atoms with E-state index in [0.717, 1.165) is 25.7 Å². The molecule has 3 rings (SSSR count). The van der Waals surface area contributed by atoms with Crippen LogP contribution in [0.4, 0.5) is 0 Å². The van der Waals surface area contributed by atoms with Crippen LogP contribution in [0.2, 0.25) is 0 Å². The van der Waals surface area contributed by atoms with Crippen molar-refractivity contribution in [3.63, 3.8) is 0 Å². The van der Waals surface area contributed by atoms with Crippen LogP contribution >= 0.6 is 0 Å². The average Bonchev–Trinajstić information content (AvgIpc) is 3.04. The van der Waals surface area contributed by atoms with E-state index in [2.05, 4.69) is 81.4 Å². The Bertz CT molecular complexity index is 1020. The van der Waals surface area contributed by atoms with Gasteiger partial charge in [-0.3, -0.25) is 0 Å². The highest BCUT2D eigenvalue weighted by molar-refractivity contribution is 6.03. The number of benzene rings is 3. The molecule has 0 heterocycles. The van der Waals surface area contributed by atoms with Crippen LogP contribution in [-0.4, -0.2) is 25.2 Å². The number of ether oxygens (including phenoxy) is 2. The quantitative estimate of drug-likeness (QED) is 0.112. The first kappa shape index (κ1) is 34.8. The fourth-order valence-electron chi connectivity index (χ4n) is 4.77. The highest BCUT2D eigenvalue weighted by atomic mass is 16.5. The summed E-state index contributed by atoms with van der Waals surface area (Å²) in [4.78, 5) is 24.7. The van der Waals surface area contributed by atoms with Crippen LogP contribution in [0.1, 0.15) is 136 Å². The minimum Gasteiger partial charge on any atom is -0.462 e. The van der Waals surface area contributed by atoms with Crippen molar-refractivity contribution in [1.82, 2.24) is 0 Å². The largest absolute Gasteiger partial charge is 0.462 e. The summed E-state index contributed by atoms with van der Waals surface area (Å²) in [6.07, 6.45) is 13.6. The summed E-state index contributed by atoms with van der Waals surface area (Å²) in [5.41, 5.74) is 3.33. The predicted octanol–water partition coefficient (Wildman–Crippen LogP) is 10.6. The lowest BCUT2D eigenvalue weighted by Crippen LogP contribution is -2.15. The van der Waals surface area contributed by atoms with E-state index < -0.39 is 11.9 Å². The molecule has 0 aliphatic carbocycles. The Morgan fingerprint density at radius 1 is 0.500 bits per heavy atom. The molecule has 0 fully saturated rings. The van der Waals surface area contributed by atoms with Crippen LogP contribution in [0.3, 0.4) is 0 Å². The average molecular weight is 573 g/mol. The number of rotatable bonds is 18. The minimum atomic E-state index is -0.444. The van der Waals surface area contributed by atoms with Gasteiger partial charge in [-0.25, -0.2) is 9.59 Å². The van der Waals surface area contributed by atoms with Crippen molar-refractivity contribution < 1.29 is 19.1 Å². The highest BCUT2D eigenvalue weighted by Crippen LogP contribution is 2.23. The molecule has 0 N–H and O–H groups in total. The fraction of sp³-hybridized carbons (Fsp3) is 0.474. The molecule has 0 aliphatic heterocycles. The topological polar surface area (TPSA) is 52.6 Å². The summed E-state index contributed by atoms with van der Waals surface area (Å²) in [7, 11) is 0. The third-order valence-corrected chi connectivity index (χ3v) is 7.43. The number of hydrogen-bond acceptors (Lipinski definition) is 4. The van der Waals surface area contributed by atoms with E-state index in [4.69, 9.17) is 9.47 Å². The lowest BCUT2D eigenvalue weighted by molar-refractivity contribution is 0.0450. The molecule has 4 heteroatoms. The highest BCUT2D eigenvalue weighted by Gasteiger charge is 2.18. The molecule has 0 bridgehead atoms. The van der Waals surface area contributed by atoms with Crippen LogP contribution in [0.5, 0.6) is 0 Å². The molecule has 228 valence electrons. The van der Waals surface area contributed by atoms with Gasteiger partial charge in [0.05, 0.1) is 24.3 Å². The van der Waals surface area contributed by atoms with Gasteiger partial charge in [0.1, 0.15) is 0 Å². The standard InChI is InChI=1S/C24H38O4.C14H14/c1-3-5-7-9-11-15-19-27-23(25)21-17-13-14-18-22(21)24(26)28-20-16-12-10-8-6-4-2;1-12(13-8-4-2-5-9-13)14-10-6-3-7-11-14/h13-14,17-18H,3-12,15-16,19-20H2,1-2H3;2-12H,1H3. The van der Waals surface area contributed by atoms with Crippen LogP contribution in [0, 0.1) is 0 Å². The third kappa shape index (κ3) is 14.0. The molecule has 0 atom stereocenters. The van der Waals surface area contributed by atoms with Crippen molar-refractivity contribution in [2.75, 3.05) is 13.2 Å². The molecule has 0 radical (unpaired) electrons. The van der Waals surface area contributed by atoms with Gasteiger partial charge in [0.25, 0.3) is 0 Å². The molecule has 42 heavy (non-hydrogen) atoms. The summed E-state index contributed by atoms with van der Waals surface area (Å²) >= 11 is 0. The molecule has 4 nitrogen and oxygen atoms in total.